The van der Waals surface area contributed by atoms with Gasteiger partial charge in [0, 0.05) is 34.5 Å². The van der Waals surface area contributed by atoms with E-state index in [9.17, 15) is 9.59 Å². The third kappa shape index (κ3) is 4.12. The number of nitrogens with one attached hydrogen (secondary N) is 1. The van der Waals surface area contributed by atoms with E-state index in [1.54, 1.807) is 47.6 Å². The molecule has 0 saturated carbocycles. The summed E-state index contributed by atoms with van der Waals surface area (Å²) in [6.07, 6.45) is 9.62. The average Bonchev–Trinajstić information content (AvgIpc) is 3.20. The molecule has 1 atom stereocenters. The Hall–Kier alpha value is -1.66. The van der Waals surface area contributed by atoms with Crippen LogP contribution in [0.4, 0.5) is 5.00 Å². The number of hydrogen-bond acceptors (Lipinski definition) is 5. The number of nitrogens with zero attached hydrogens (tertiary/aromatic N) is 1. The van der Waals surface area contributed by atoms with Crippen molar-refractivity contribution >= 4 is 39.8 Å². The molecule has 2 aromatic heterocycles. The lowest BCUT2D eigenvalue weighted by Gasteiger charge is -2.10. The lowest BCUT2D eigenvalue weighted by atomic mass is 10.0. The van der Waals surface area contributed by atoms with Crippen molar-refractivity contribution in [3.8, 4) is 0 Å². The summed E-state index contributed by atoms with van der Waals surface area (Å²) in [6, 6.07) is 3.46. The number of ketones is 1. The second kappa shape index (κ2) is 8.15. The van der Waals surface area contributed by atoms with Crippen LogP contribution in [0.25, 0.3) is 0 Å². The number of thioether (sulfide) groups is 1. The minimum absolute atomic E-state index is 0.00963. The average molecular weight is 375 g/mol. The first-order valence-corrected chi connectivity index (χ1v) is 10.6. The normalized spacial score (nSPS) is 14.2. The molecule has 1 N–H and O–H groups in total. The highest BCUT2D eigenvalue weighted by molar-refractivity contribution is 7.99. The Morgan fingerprint density at radius 2 is 2.08 bits per heavy atom. The SMILES string of the molecule is CSC(C)CCC(=O)Nc1sc2c(c1C(=O)c1ccncc1)CCC2. The maximum atomic E-state index is 13.0. The monoisotopic (exact) mass is 374 g/mol. The molecule has 25 heavy (non-hydrogen) atoms. The number of rotatable bonds is 7. The van der Waals surface area contributed by atoms with E-state index in [0.29, 0.717) is 27.8 Å². The van der Waals surface area contributed by atoms with Crippen molar-refractivity contribution < 1.29 is 9.59 Å². The molecule has 0 radical (unpaired) electrons. The number of thiophene rings is 1. The fourth-order valence-electron chi connectivity index (χ4n) is 3.02. The van der Waals surface area contributed by atoms with Crippen molar-refractivity contribution in [1.29, 1.82) is 0 Å². The summed E-state index contributed by atoms with van der Waals surface area (Å²) in [7, 11) is 0. The molecule has 1 amide bonds. The van der Waals surface area contributed by atoms with E-state index in [1.165, 1.54) is 4.88 Å². The summed E-state index contributed by atoms with van der Waals surface area (Å²) in [6.45, 7) is 2.12. The fraction of sp³-hybridized carbons (Fsp3) is 0.421. The van der Waals surface area contributed by atoms with Crippen LogP contribution in [0.1, 0.15) is 52.5 Å². The second-order valence-corrected chi connectivity index (χ2v) is 8.64. The highest BCUT2D eigenvalue weighted by Crippen LogP contribution is 2.40. The largest absolute Gasteiger partial charge is 0.317 e. The van der Waals surface area contributed by atoms with Crippen molar-refractivity contribution in [2.45, 2.75) is 44.3 Å². The zero-order chi connectivity index (χ0) is 17.8. The zero-order valence-corrected chi connectivity index (χ0v) is 16.1. The molecule has 0 spiro atoms. The molecule has 1 unspecified atom stereocenters. The van der Waals surface area contributed by atoms with Crippen LogP contribution in [0, 0.1) is 0 Å². The molecule has 4 nitrogen and oxygen atoms in total. The molecule has 1 aliphatic carbocycles. The molecule has 0 aliphatic heterocycles. The number of aryl methyl sites for hydroxylation is 1. The molecule has 0 bridgehead atoms. The maximum absolute atomic E-state index is 13.0. The molecule has 6 heteroatoms. The Bertz CT molecular complexity index is 771. The summed E-state index contributed by atoms with van der Waals surface area (Å²) in [5.41, 5.74) is 2.43. The van der Waals surface area contributed by atoms with Gasteiger partial charge in [-0.1, -0.05) is 6.92 Å². The molecular formula is C19H22N2O2S2. The van der Waals surface area contributed by atoms with Gasteiger partial charge < -0.3 is 5.32 Å². The van der Waals surface area contributed by atoms with Gasteiger partial charge in [-0.25, -0.2) is 0 Å². The molecule has 2 aromatic rings. The smallest absolute Gasteiger partial charge is 0.225 e. The standard InChI is InChI=1S/C19H22N2O2S2/c1-12(24-2)6-7-16(22)21-19-17(14-4-3-5-15(14)25-19)18(23)13-8-10-20-11-9-13/h8-12H,3-7H2,1-2H3,(H,21,22). The number of fused-ring (bicyclic) bond motifs is 1. The Balaban J connectivity index is 1.83. The van der Waals surface area contributed by atoms with Gasteiger partial charge in [0.25, 0.3) is 0 Å². The first-order chi connectivity index (χ1) is 12.1. The van der Waals surface area contributed by atoms with Crippen molar-refractivity contribution in [1.82, 2.24) is 4.98 Å². The van der Waals surface area contributed by atoms with E-state index < -0.39 is 0 Å². The summed E-state index contributed by atoms with van der Waals surface area (Å²) < 4.78 is 0. The Kier molecular flexibility index (Phi) is 5.91. The van der Waals surface area contributed by atoms with Crippen LogP contribution in [0.3, 0.4) is 0 Å². The molecule has 2 heterocycles. The highest BCUT2D eigenvalue weighted by atomic mass is 32.2. The van der Waals surface area contributed by atoms with E-state index >= 15 is 0 Å². The predicted octanol–water partition coefficient (Wildman–Crippen LogP) is 4.33. The van der Waals surface area contributed by atoms with Gasteiger partial charge in [-0.2, -0.15) is 11.8 Å². The Morgan fingerprint density at radius 3 is 2.80 bits per heavy atom. The number of amides is 1. The van der Waals surface area contributed by atoms with Crippen LogP contribution < -0.4 is 5.32 Å². The van der Waals surface area contributed by atoms with Gasteiger partial charge in [0.1, 0.15) is 5.00 Å². The minimum atomic E-state index is -0.0189. The van der Waals surface area contributed by atoms with Crippen molar-refractivity contribution in [3.05, 3.63) is 46.1 Å². The second-order valence-electron chi connectivity index (χ2n) is 6.26. The molecule has 0 aromatic carbocycles. The molecule has 0 fully saturated rings. The van der Waals surface area contributed by atoms with Gasteiger partial charge in [-0.05, 0) is 49.6 Å². The van der Waals surface area contributed by atoms with Gasteiger partial charge in [0.05, 0.1) is 5.56 Å². The number of aromatic nitrogens is 1. The lowest BCUT2D eigenvalue weighted by Crippen LogP contribution is -2.15. The molecule has 132 valence electrons. The van der Waals surface area contributed by atoms with E-state index in [1.807, 2.05) is 0 Å². The Morgan fingerprint density at radius 1 is 1.32 bits per heavy atom. The van der Waals surface area contributed by atoms with Crippen molar-refractivity contribution in [2.75, 3.05) is 11.6 Å². The van der Waals surface area contributed by atoms with Crippen LogP contribution in [0.5, 0.6) is 0 Å². The quantitative estimate of drug-likeness (QED) is 0.733. The van der Waals surface area contributed by atoms with Gasteiger partial charge in [-0.15, -0.1) is 11.3 Å². The maximum Gasteiger partial charge on any atom is 0.225 e. The number of anilines is 1. The van der Waals surface area contributed by atoms with E-state index in [-0.39, 0.29) is 11.7 Å². The topological polar surface area (TPSA) is 59.1 Å². The van der Waals surface area contributed by atoms with E-state index in [2.05, 4.69) is 23.5 Å². The van der Waals surface area contributed by atoms with Gasteiger partial charge >= 0.3 is 0 Å². The summed E-state index contributed by atoms with van der Waals surface area (Å²) in [5, 5.41) is 4.18. The molecular weight excluding hydrogens is 352 g/mol. The first kappa shape index (κ1) is 18.1. The van der Waals surface area contributed by atoms with Crippen LogP contribution in [-0.4, -0.2) is 28.2 Å². The van der Waals surface area contributed by atoms with Crippen molar-refractivity contribution in [2.24, 2.45) is 0 Å². The first-order valence-electron chi connectivity index (χ1n) is 8.52. The summed E-state index contributed by atoms with van der Waals surface area (Å²) in [4.78, 5) is 30.6. The molecule has 0 saturated heterocycles. The highest BCUT2D eigenvalue weighted by Gasteiger charge is 2.28. The van der Waals surface area contributed by atoms with Gasteiger partial charge in [0.2, 0.25) is 5.91 Å². The number of pyridine rings is 1. The summed E-state index contributed by atoms with van der Waals surface area (Å²) >= 11 is 3.33. The zero-order valence-electron chi connectivity index (χ0n) is 14.5. The van der Waals surface area contributed by atoms with Gasteiger partial charge in [0.15, 0.2) is 5.78 Å². The number of carbonyl (C=O) groups is 2. The van der Waals surface area contributed by atoms with Crippen molar-refractivity contribution in [3.63, 3.8) is 0 Å². The third-order valence-corrected chi connectivity index (χ3v) is 6.77. The number of carbonyl (C=O) groups excluding carboxylic acids is 2. The van der Waals surface area contributed by atoms with E-state index in [4.69, 9.17) is 0 Å². The van der Waals surface area contributed by atoms with Crippen LogP contribution in [0.2, 0.25) is 0 Å². The predicted molar refractivity (Wildman–Crippen MR) is 105 cm³/mol. The summed E-state index contributed by atoms with van der Waals surface area (Å²) in [5.74, 6) is -0.0285. The van der Waals surface area contributed by atoms with Crippen LogP contribution in [0.15, 0.2) is 24.5 Å². The minimum Gasteiger partial charge on any atom is -0.317 e. The van der Waals surface area contributed by atoms with Crippen LogP contribution >= 0.6 is 23.1 Å². The van der Waals surface area contributed by atoms with E-state index in [0.717, 1.165) is 31.2 Å². The fourth-order valence-corrected chi connectivity index (χ4v) is 4.68. The molecule has 1 aliphatic rings. The van der Waals surface area contributed by atoms with Gasteiger partial charge in [-0.3, -0.25) is 14.6 Å². The number of hydrogen-bond donors (Lipinski definition) is 1. The molecule has 3 rings (SSSR count). The Labute approximate surface area is 156 Å². The third-order valence-electron chi connectivity index (χ3n) is 4.52. The lowest BCUT2D eigenvalue weighted by molar-refractivity contribution is -0.116. The van der Waals surface area contributed by atoms with Crippen LogP contribution in [-0.2, 0) is 17.6 Å².